The van der Waals surface area contributed by atoms with Crippen molar-refractivity contribution >= 4 is 17.2 Å². The minimum absolute atomic E-state index is 0.0107. The second-order valence-electron chi connectivity index (χ2n) is 5.32. The van der Waals surface area contributed by atoms with E-state index < -0.39 is 0 Å². The van der Waals surface area contributed by atoms with Gasteiger partial charge in [0.15, 0.2) is 0 Å². The molecule has 19 heavy (non-hydrogen) atoms. The fourth-order valence-electron chi connectivity index (χ4n) is 2.40. The average Bonchev–Trinajstić information content (AvgIpc) is 2.98. The van der Waals surface area contributed by atoms with E-state index in [2.05, 4.69) is 16.9 Å². The van der Waals surface area contributed by atoms with E-state index in [-0.39, 0.29) is 11.9 Å². The van der Waals surface area contributed by atoms with Gasteiger partial charge in [0, 0.05) is 25.0 Å². The summed E-state index contributed by atoms with van der Waals surface area (Å²) >= 11 is 1.45. The Hall–Kier alpha value is -0.980. The number of carbonyl (C=O) groups excluding carboxylic acids is 1. The van der Waals surface area contributed by atoms with Gasteiger partial charge in [0.25, 0.3) is 5.91 Å². The van der Waals surface area contributed by atoms with Crippen molar-refractivity contribution in [3.63, 3.8) is 0 Å². The summed E-state index contributed by atoms with van der Waals surface area (Å²) in [5.41, 5.74) is 6.28. The molecule has 5 nitrogen and oxygen atoms in total. The maximum Gasteiger partial charge on any atom is 0.273 e. The highest BCUT2D eigenvalue weighted by molar-refractivity contribution is 7.09. The molecule has 0 aromatic carbocycles. The molecule has 6 heteroatoms. The molecule has 1 aliphatic rings. The number of likely N-dealkylation sites (tertiary alicyclic amines) is 1. The third-order valence-electron chi connectivity index (χ3n) is 3.63. The number of nitrogens with two attached hydrogens (primary N) is 1. The molecule has 1 saturated heterocycles. The third-order valence-corrected chi connectivity index (χ3v) is 4.68. The van der Waals surface area contributed by atoms with Crippen molar-refractivity contribution in [1.82, 2.24) is 14.8 Å². The lowest BCUT2D eigenvalue weighted by atomic mass is 10.2. The molecule has 1 fully saturated rings. The van der Waals surface area contributed by atoms with Crippen molar-refractivity contribution in [2.75, 3.05) is 27.2 Å². The largest absolute Gasteiger partial charge is 0.339 e. The van der Waals surface area contributed by atoms with Crippen molar-refractivity contribution < 1.29 is 4.79 Å². The summed E-state index contributed by atoms with van der Waals surface area (Å²) in [6.07, 6.45) is 2.38. The van der Waals surface area contributed by atoms with Crippen molar-refractivity contribution in [3.8, 4) is 0 Å². The van der Waals surface area contributed by atoms with Crippen LogP contribution in [0.4, 0.5) is 0 Å². The summed E-state index contributed by atoms with van der Waals surface area (Å²) < 4.78 is 0. The highest BCUT2D eigenvalue weighted by Gasteiger charge is 2.25. The molecule has 0 aliphatic carbocycles. The molecule has 106 valence electrons. The Bertz CT molecular complexity index is 446. The van der Waals surface area contributed by atoms with Gasteiger partial charge < -0.3 is 15.5 Å². The van der Waals surface area contributed by atoms with Crippen LogP contribution in [0.5, 0.6) is 0 Å². The number of hydrogen-bond acceptors (Lipinski definition) is 5. The van der Waals surface area contributed by atoms with Crippen LogP contribution in [0.3, 0.4) is 0 Å². The first-order valence-corrected chi connectivity index (χ1v) is 7.53. The van der Waals surface area contributed by atoms with Crippen LogP contribution in [0, 0.1) is 0 Å². The van der Waals surface area contributed by atoms with Gasteiger partial charge in [-0.2, -0.15) is 0 Å². The van der Waals surface area contributed by atoms with Gasteiger partial charge in [-0.15, -0.1) is 11.3 Å². The SMILES string of the molecule is CC(N)c1nc(C(=O)N(C)CC2CCCN2C)cs1. The summed E-state index contributed by atoms with van der Waals surface area (Å²) in [6, 6.07) is 0.360. The van der Waals surface area contributed by atoms with E-state index >= 15 is 0 Å². The number of hydrogen-bond donors (Lipinski definition) is 1. The lowest BCUT2D eigenvalue weighted by molar-refractivity contribution is 0.0756. The lowest BCUT2D eigenvalue weighted by Crippen LogP contribution is -2.39. The highest BCUT2D eigenvalue weighted by atomic mass is 32.1. The Kier molecular flexibility index (Phi) is 4.54. The zero-order valence-corrected chi connectivity index (χ0v) is 12.6. The van der Waals surface area contributed by atoms with E-state index in [0.717, 1.165) is 24.5 Å². The lowest BCUT2D eigenvalue weighted by Gasteiger charge is -2.25. The summed E-state index contributed by atoms with van der Waals surface area (Å²) in [5.74, 6) is -0.0107. The molecular weight excluding hydrogens is 260 g/mol. The zero-order chi connectivity index (χ0) is 14.0. The molecule has 1 aromatic rings. The topological polar surface area (TPSA) is 62.5 Å². The van der Waals surface area contributed by atoms with E-state index in [1.165, 1.54) is 17.8 Å². The van der Waals surface area contributed by atoms with Crippen LogP contribution >= 0.6 is 11.3 Å². The van der Waals surface area contributed by atoms with Gasteiger partial charge in [0.05, 0.1) is 6.04 Å². The normalized spacial score (nSPS) is 21.6. The maximum atomic E-state index is 12.3. The third kappa shape index (κ3) is 3.32. The summed E-state index contributed by atoms with van der Waals surface area (Å²) in [7, 11) is 3.96. The van der Waals surface area contributed by atoms with Crippen LogP contribution in [-0.4, -0.2) is 53.9 Å². The van der Waals surface area contributed by atoms with Crippen molar-refractivity contribution in [1.29, 1.82) is 0 Å². The molecule has 0 radical (unpaired) electrons. The quantitative estimate of drug-likeness (QED) is 0.905. The number of aromatic nitrogens is 1. The predicted octanol–water partition coefficient (Wildman–Crippen LogP) is 1.33. The summed E-state index contributed by atoms with van der Waals surface area (Å²) in [5, 5.41) is 2.62. The molecule has 1 amide bonds. The summed E-state index contributed by atoms with van der Waals surface area (Å²) in [4.78, 5) is 20.7. The van der Waals surface area contributed by atoms with Crippen LogP contribution in [0.1, 0.15) is 41.3 Å². The Morgan fingerprint density at radius 3 is 3.00 bits per heavy atom. The first-order valence-electron chi connectivity index (χ1n) is 6.65. The van der Waals surface area contributed by atoms with Crippen LogP contribution < -0.4 is 5.73 Å². The van der Waals surface area contributed by atoms with E-state index in [1.807, 2.05) is 14.0 Å². The Balaban J connectivity index is 1.97. The Labute approximate surface area is 118 Å². The average molecular weight is 282 g/mol. The van der Waals surface area contributed by atoms with Gasteiger partial charge in [0.2, 0.25) is 0 Å². The fourth-order valence-corrected chi connectivity index (χ4v) is 3.15. The minimum Gasteiger partial charge on any atom is -0.339 e. The zero-order valence-electron chi connectivity index (χ0n) is 11.8. The van der Waals surface area contributed by atoms with Gasteiger partial charge in [-0.25, -0.2) is 4.98 Å². The molecular formula is C13H22N4OS. The summed E-state index contributed by atoms with van der Waals surface area (Å²) in [6.45, 7) is 3.77. The van der Waals surface area contributed by atoms with Crippen molar-refractivity contribution in [3.05, 3.63) is 16.1 Å². The molecule has 0 bridgehead atoms. The van der Waals surface area contributed by atoms with E-state index in [0.29, 0.717) is 11.7 Å². The molecule has 0 spiro atoms. The van der Waals surface area contributed by atoms with E-state index in [1.54, 1.807) is 10.3 Å². The Morgan fingerprint density at radius 1 is 1.74 bits per heavy atom. The standard InChI is InChI=1S/C13H22N4OS/c1-9(14)12-15-11(8-19-12)13(18)17(3)7-10-5-4-6-16(10)2/h8-10H,4-7,14H2,1-3H3. The van der Waals surface area contributed by atoms with E-state index in [9.17, 15) is 4.79 Å². The number of carbonyl (C=O) groups is 1. The second-order valence-corrected chi connectivity index (χ2v) is 6.21. The highest BCUT2D eigenvalue weighted by Crippen LogP contribution is 2.19. The smallest absolute Gasteiger partial charge is 0.273 e. The van der Waals surface area contributed by atoms with Crippen LogP contribution in [-0.2, 0) is 0 Å². The monoisotopic (exact) mass is 282 g/mol. The van der Waals surface area contributed by atoms with Gasteiger partial charge in [-0.1, -0.05) is 0 Å². The molecule has 2 unspecified atom stereocenters. The fraction of sp³-hybridized carbons (Fsp3) is 0.692. The van der Waals surface area contributed by atoms with Gasteiger partial charge >= 0.3 is 0 Å². The molecule has 1 aliphatic heterocycles. The van der Waals surface area contributed by atoms with Gasteiger partial charge in [-0.05, 0) is 33.4 Å². The number of thiazole rings is 1. The van der Waals surface area contributed by atoms with Crippen LogP contribution in [0.15, 0.2) is 5.38 Å². The second kappa shape index (κ2) is 5.98. The van der Waals surface area contributed by atoms with E-state index in [4.69, 9.17) is 5.73 Å². The Morgan fingerprint density at radius 2 is 2.47 bits per heavy atom. The number of rotatable bonds is 4. The first kappa shape index (κ1) is 14.4. The molecule has 2 N–H and O–H groups in total. The molecule has 1 aromatic heterocycles. The van der Waals surface area contributed by atoms with Gasteiger partial charge in [-0.3, -0.25) is 4.79 Å². The molecule has 0 saturated carbocycles. The van der Waals surface area contributed by atoms with Crippen molar-refractivity contribution in [2.45, 2.75) is 31.8 Å². The number of nitrogens with zero attached hydrogens (tertiary/aromatic N) is 3. The van der Waals surface area contributed by atoms with Gasteiger partial charge in [0.1, 0.15) is 10.7 Å². The molecule has 2 rings (SSSR count). The minimum atomic E-state index is -0.113. The van der Waals surface area contributed by atoms with Crippen LogP contribution in [0.2, 0.25) is 0 Å². The first-order chi connectivity index (χ1) is 8.99. The predicted molar refractivity (Wildman–Crippen MR) is 77.3 cm³/mol. The maximum absolute atomic E-state index is 12.3. The van der Waals surface area contributed by atoms with Crippen LogP contribution in [0.25, 0.3) is 0 Å². The van der Waals surface area contributed by atoms with Crippen molar-refractivity contribution in [2.24, 2.45) is 5.73 Å². The number of likely N-dealkylation sites (N-methyl/N-ethyl adjacent to an activating group) is 2. The molecule has 2 atom stereocenters. The number of amides is 1. The molecule has 2 heterocycles.